The highest BCUT2D eigenvalue weighted by Crippen LogP contribution is 2.22. The minimum atomic E-state index is 0. The van der Waals surface area contributed by atoms with Gasteiger partial charge in [0.1, 0.15) is 5.01 Å². The van der Waals surface area contributed by atoms with Crippen LogP contribution >= 0.6 is 46.7 Å². The lowest BCUT2D eigenvalue weighted by atomic mass is 10.3. The first-order chi connectivity index (χ1) is 10.4. The van der Waals surface area contributed by atoms with Crippen molar-refractivity contribution in [2.45, 2.75) is 6.54 Å². The number of thiophene rings is 1. The lowest BCUT2D eigenvalue weighted by molar-refractivity contribution is 0.373. The maximum absolute atomic E-state index is 4.39. The zero-order valence-electron chi connectivity index (χ0n) is 12.4. The molecule has 0 amide bonds. The quantitative estimate of drug-likeness (QED) is 0.445. The summed E-state index contributed by atoms with van der Waals surface area (Å²) in [7, 11) is 1.84. The summed E-state index contributed by atoms with van der Waals surface area (Å²) in [6.07, 6.45) is 1.84. The molecule has 0 atom stereocenters. The van der Waals surface area contributed by atoms with Gasteiger partial charge in [-0.15, -0.1) is 46.7 Å². The minimum absolute atomic E-state index is 0. The Balaban J connectivity index is 0.00000176. The molecule has 0 aliphatic carbocycles. The zero-order chi connectivity index (χ0) is 14.5. The van der Waals surface area contributed by atoms with Crippen LogP contribution in [0.3, 0.4) is 0 Å². The van der Waals surface area contributed by atoms with Crippen LogP contribution in [0.5, 0.6) is 0 Å². The van der Waals surface area contributed by atoms with Crippen molar-refractivity contribution < 1.29 is 0 Å². The Bertz CT molecular complexity index is 562. The van der Waals surface area contributed by atoms with Crippen LogP contribution in [0.25, 0.3) is 0 Å². The summed E-state index contributed by atoms with van der Waals surface area (Å²) in [6.45, 7) is 4.82. The van der Waals surface area contributed by atoms with E-state index < -0.39 is 0 Å². The maximum Gasteiger partial charge on any atom is 0.194 e. The van der Waals surface area contributed by atoms with Gasteiger partial charge in [0.05, 0.1) is 11.5 Å². The lowest BCUT2D eigenvalue weighted by Gasteiger charge is -2.36. The Morgan fingerprint density at radius 3 is 2.68 bits per heavy atom. The Kier molecular flexibility index (Phi) is 6.90. The average Bonchev–Trinajstić information content (AvgIpc) is 3.22. The van der Waals surface area contributed by atoms with Crippen molar-refractivity contribution in [3.63, 3.8) is 0 Å². The highest BCUT2D eigenvalue weighted by Gasteiger charge is 2.20. The van der Waals surface area contributed by atoms with E-state index in [4.69, 9.17) is 0 Å². The van der Waals surface area contributed by atoms with E-state index in [0.29, 0.717) is 0 Å². The molecule has 1 fully saturated rings. The number of guanidine groups is 1. The molecule has 1 aliphatic rings. The molecule has 2 aromatic heterocycles. The number of anilines is 1. The third-order valence-electron chi connectivity index (χ3n) is 3.49. The SMILES string of the molecule is CN=C(NCc1nccs1)N1CCN(c2cccs2)CC1.I. The summed E-state index contributed by atoms with van der Waals surface area (Å²) >= 11 is 3.47. The number of rotatable bonds is 3. The maximum atomic E-state index is 4.39. The molecule has 22 heavy (non-hydrogen) atoms. The molecule has 0 bridgehead atoms. The number of nitrogens with zero attached hydrogens (tertiary/aromatic N) is 4. The summed E-state index contributed by atoms with van der Waals surface area (Å²) in [5.74, 6) is 0.969. The van der Waals surface area contributed by atoms with Crippen molar-refractivity contribution in [3.05, 3.63) is 34.1 Å². The summed E-state index contributed by atoms with van der Waals surface area (Å²) in [4.78, 5) is 13.4. The topological polar surface area (TPSA) is 43.8 Å². The van der Waals surface area contributed by atoms with Crippen molar-refractivity contribution in [1.82, 2.24) is 15.2 Å². The first kappa shape index (κ1) is 17.5. The summed E-state index contributed by atoms with van der Waals surface area (Å²) < 4.78 is 0. The fourth-order valence-corrected chi connectivity index (χ4v) is 3.76. The van der Waals surface area contributed by atoms with Crippen molar-refractivity contribution in [2.75, 3.05) is 38.1 Å². The van der Waals surface area contributed by atoms with Gasteiger partial charge < -0.3 is 15.1 Å². The standard InChI is InChI=1S/C14H19N5S2.HI/c1-15-14(17-11-12-16-4-10-20-12)19-7-5-18(6-8-19)13-3-2-9-21-13;/h2-4,9-10H,5-8,11H2,1H3,(H,15,17);1H. The third kappa shape index (κ3) is 4.32. The van der Waals surface area contributed by atoms with Crippen LogP contribution in [-0.4, -0.2) is 49.1 Å². The predicted octanol–water partition coefficient (Wildman–Crippen LogP) is 2.72. The lowest BCUT2D eigenvalue weighted by Crippen LogP contribution is -2.52. The smallest absolute Gasteiger partial charge is 0.194 e. The van der Waals surface area contributed by atoms with Gasteiger partial charge in [0.2, 0.25) is 0 Å². The number of nitrogens with one attached hydrogen (secondary N) is 1. The molecule has 120 valence electrons. The molecule has 1 saturated heterocycles. The predicted molar refractivity (Wildman–Crippen MR) is 106 cm³/mol. The minimum Gasteiger partial charge on any atom is -0.360 e. The number of thiazole rings is 1. The van der Waals surface area contributed by atoms with Crippen molar-refractivity contribution >= 4 is 57.6 Å². The van der Waals surface area contributed by atoms with Crippen LogP contribution in [0.4, 0.5) is 5.00 Å². The van der Waals surface area contributed by atoms with Gasteiger partial charge in [0.25, 0.3) is 0 Å². The average molecular weight is 449 g/mol. The molecular weight excluding hydrogens is 429 g/mol. The van der Waals surface area contributed by atoms with Crippen molar-refractivity contribution in [3.8, 4) is 0 Å². The molecule has 0 saturated carbocycles. The Morgan fingerprint density at radius 2 is 2.09 bits per heavy atom. The highest BCUT2D eigenvalue weighted by molar-refractivity contribution is 14.0. The largest absolute Gasteiger partial charge is 0.360 e. The van der Waals surface area contributed by atoms with Gasteiger partial charge in [-0.25, -0.2) is 4.98 Å². The molecule has 8 heteroatoms. The fraction of sp³-hybridized carbons (Fsp3) is 0.429. The van der Waals surface area contributed by atoms with Crippen molar-refractivity contribution in [2.24, 2.45) is 4.99 Å². The first-order valence-electron chi connectivity index (χ1n) is 6.99. The second-order valence-electron chi connectivity index (χ2n) is 4.75. The number of halogens is 1. The molecule has 0 spiro atoms. The van der Waals surface area contributed by atoms with E-state index in [9.17, 15) is 0 Å². The molecular formula is C14H20IN5S2. The van der Waals surface area contributed by atoms with Gasteiger partial charge in [-0.1, -0.05) is 0 Å². The number of aliphatic imine (C=N–C) groups is 1. The van der Waals surface area contributed by atoms with E-state index >= 15 is 0 Å². The van der Waals surface area contributed by atoms with Crippen LogP contribution in [0, 0.1) is 0 Å². The Labute approximate surface area is 156 Å². The second-order valence-corrected chi connectivity index (χ2v) is 6.66. The Hall–Kier alpha value is -0.870. The highest BCUT2D eigenvalue weighted by atomic mass is 127. The Morgan fingerprint density at radius 1 is 1.27 bits per heavy atom. The van der Waals surface area contributed by atoms with E-state index in [1.54, 1.807) is 11.3 Å². The van der Waals surface area contributed by atoms with Crippen LogP contribution in [0.2, 0.25) is 0 Å². The molecule has 1 N–H and O–H groups in total. The van der Waals surface area contributed by atoms with Crippen molar-refractivity contribution in [1.29, 1.82) is 0 Å². The molecule has 3 heterocycles. The van der Waals surface area contributed by atoms with Gasteiger partial charge in [0, 0.05) is 44.8 Å². The van der Waals surface area contributed by atoms with E-state index in [1.807, 2.05) is 30.0 Å². The summed E-state index contributed by atoms with van der Waals surface area (Å²) in [6, 6.07) is 4.30. The molecule has 5 nitrogen and oxygen atoms in total. The summed E-state index contributed by atoms with van der Waals surface area (Å²) in [5.41, 5.74) is 0. The van der Waals surface area contributed by atoms with Gasteiger partial charge in [-0.2, -0.15) is 0 Å². The van der Waals surface area contributed by atoms with Gasteiger partial charge in [-0.3, -0.25) is 4.99 Å². The van der Waals surface area contributed by atoms with E-state index in [-0.39, 0.29) is 24.0 Å². The summed E-state index contributed by atoms with van der Waals surface area (Å²) in [5, 5.41) is 9.99. The van der Waals surface area contributed by atoms with Crippen LogP contribution in [-0.2, 0) is 6.54 Å². The molecule has 2 aromatic rings. The molecule has 3 rings (SSSR count). The monoisotopic (exact) mass is 449 g/mol. The number of aromatic nitrogens is 1. The van der Waals surface area contributed by atoms with Gasteiger partial charge in [-0.05, 0) is 17.5 Å². The molecule has 0 radical (unpaired) electrons. The second kappa shape index (κ2) is 8.68. The number of hydrogen-bond donors (Lipinski definition) is 1. The number of hydrogen-bond acceptors (Lipinski definition) is 5. The van der Waals surface area contributed by atoms with Crippen LogP contribution in [0.1, 0.15) is 5.01 Å². The third-order valence-corrected chi connectivity index (χ3v) is 5.20. The number of piperazine rings is 1. The fourth-order valence-electron chi connectivity index (χ4n) is 2.42. The van der Waals surface area contributed by atoms with Crippen LogP contribution < -0.4 is 10.2 Å². The van der Waals surface area contributed by atoms with Gasteiger partial charge >= 0.3 is 0 Å². The van der Waals surface area contributed by atoms with E-state index in [2.05, 4.69) is 42.6 Å². The van der Waals surface area contributed by atoms with Gasteiger partial charge in [0.15, 0.2) is 5.96 Å². The zero-order valence-corrected chi connectivity index (χ0v) is 16.4. The molecule has 0 unspecified atom stereocenters. The van der Waals surface area contributed by atoms with E-state index in [0.717, 1.165) is 43.7 Å². The molecule has 0 aromatic carbocycles. The first-order valence-corrected chi connectivity index (χ1v) is 8.75. The van der Waals surface area contributed by atoms with Crippen LogP contribution in [0.15, 0.2) is 34.1 Å². The van der Waals surface area contributed by atoms with E-state index in [1.165, 1.54) is 5.00 Å². The normalized spacial score (nSPS) is 15.6. The molecule has 1 aliphatic heterocycles.